The fourth-order valence-electron chi connectivity index (χ4n) is 11.7. The third-order valence-corrected chi connectivity index (χ3v) is 14.0. The number of hydrogen-bond donors (Lipinski definition) is 0. The smallest absolute Gasteiger partial charge is 0.312 e. The van der Waals surface area contributed by atoms with Gasteiger partial charge in [0.25, 0.3) is 0 Å². The number of ketones is 1. The van der Waals surface area contributed by atoms with Gasteiger partial charge in [0.2, 0.25) is 0 Å². The second-order valence-electron chi connectivity index (χ2n) is 14.9. The van der Waals surface area contributed by atoms with Gasteiger partial charge >= 0.3 is 5.97 Å². The largest absolute Gasteiger partial charge is 0.462 e. The first kappa shape index (κ1) is 22.6. The number of esters is 1. The molecule has 5 aliphatic carbocycles. The molecule has 3 heteroatoms. The summed E-state index contributed by atoms with van der Waals surface area (Å²) >= 11 is 0. The monoisotopic (exact) mass is 454 g/mol. The molecule has 11 atom stereocenters. The molecule has 0 radical (unpaired) electrons. The van der Waals surface area contributed by atoms with Crippen LogP contribution in [0.25, 0.3) is 0 Å². The maximum atomic E-state index is 13.7. The highest BCUT2D eigenvalue weighted by Crippen LogP contribution is 2.78. The minimum atomic E-state index is -0.232. The predicted molar refractivity (Wildman–Crippen MR) is 129 cm³/mol. The molecule has 33 heavy (non-hydrogen) atoms. The van der Waals surface area contributed by atoms with E-state index in [0.29, 0.717) is 41.3 Å². The van der Waals surface area contributed by atoms with E-state index in [2.05, 4.69) is 48.5 Å². The van der Waals surface area contributed by atoms with E-state index in [1.807, 2.05) is 0 Å². The Bertz CT molecular complexity index is 906. The van der Waals surface area contributed by atoms with Crippen molar-refractivity contribution < 1.29 is 14.3 Å². The van der Waals surface area contributed by atoms with Crippen LogP contribution in [0.3, 0.4) is 0 Å². The van der Waals surface area contributed by atoms with Crippen LogP contribution in [0.4, 0.5) is 0 Å². The van der Waals surface area contributed by atoms with Gasteiger partial charge in [-0.15, -0.1) is 0 Å². The third kappa shape index (κ3) is 2.39. The Balaban J connectivity index is 1.47. The molecular formula is C30H46O3. The molecule has 6 rings (SSSR count). The molecular weight excluding hydrogens is 408 g/mol. The Kier molecular flexibility index (Phi) is 4.43. The van der Waals surface area contributed by atoms with E-state index >= 15 is 0 Å². The zero-order chi connectivity index (χ0) is 23.8. The molecule has 2 bridgehead atoms. The van der Waals surface area contributed by atoms with E-state index in [0.717, 1.165) is 32.1 Å². The summed E-state index contributed by atoms with van der Waals surface area (Å²) in [6, 6.07) is 0. The molecule has 6 aliphatic rings. The molecule has 5 saturated carbocycles. The Morgan fingerprint density at radius 1 is 0.788 bits per heavy atom. The van der Waals surface area contributed by atoms with Crippen LogP contribution in [0.1, 0.15) is 106 Å². The normalized spacial score (nSPS) is 59.1. The van der Waals surface area contributed by atoms with Crippen LogP contribution in [-0.4, -0.2) is 17.9 Å². The molecule has 1 saturated heterocycles. The van der Waals surface area contributed by atoms with Crippen molar-refractivity contribution in [3.8, 4) is 0 Å². The number of fused-ring (bicyclic) bond motifs is 4. The van der Waals surface area contributed by atoms with Gasteiger partial charge in [-0.2, -0.15) is 0 Å². The Morgan fingerprint density at radius 3 is 2.24 bits per heavy atom. The molecule has 1 aliphatic heterocycles. The number of ether oxygens (including phenoxy) is 1. The van der Waals surface area contributed by atoms with Gasteiger partial charge in [0.15, 0.2) is 0 Å². The topological polar surface area (TPSA) is 43.4 Å². The quantitative estimate of drug-likeness (QED) is 0.377. The molecule has 0 spiro atoms. The Labute approximate surface area is 201 Å². The van der Waals surface area contributed by atoms with Crippen molar-refractivity contribution in [1.82, 2.24) is 0 Å². The van der Waals surface area contributed by atoms with Crippen molar-refractivity contribution >= 4 is 11.8 Å². The van der Waals surface area contributed by atoms with Gasteiger partial charge in [-0.3, -0.25) is 9.59 Å². The maximum Gasteiger partial charge on any atom is 0.312 e. The number of rotatable bonds is 0. The van der Waals surface area contributed by atoms with Gasteiger partial charge in [0, 0.05) is 17.8 Å². The van der Waals surface area contributed by atoms with Crippen molar-refractivity contribution in [3.05, 3.63) is 0 Å². The number of carbonyl (C=O) groups is 2. The van der Waals surface area contributed by atoms with Crippen LogP contribution < -0.4 is 0 Å². The van der Waals surface area contributed by atoms with Gasteiger partial charge in [0.1, 0.15) is 11.9 Å². The zero-order valence-corrected chi connectivity index (χ0v) is 22.1. The summed E-state index contributed by atoms with van der Waals surface area (Å²) in [6.07, 6.45) is 9.65. The third-order valence-electron chi connectivity index (χ3n) is 14.0. The summed E-state index contributed by atoms with van der Waals surface area (Å²) in [6.45, 7) is 17.0. The highest BCUT2D eigenvalue weighted by atomic mass is 16.5. The molecule has 3 nitrogen and oxygen atoms in total. The summed E-state index contributed by atoms with van der Waals surface area (Å²) in [7, 11) is 0. The maximum absolute atomic E-state index is 13.7. The molecule has 0 unspecified atom stereocenters. The molecule has 1 heterocycles. The Hall–Kier alpha value is -0.860. The van der Waals surface area contributed by atoms with Crippen molar-refractivity contribution in [2.75, 3.05) is 0 Å². The Morgan fingerprint density at radius 2 is 1.52 bits per heavy atom. The average Bonchev–Trinajstić information content (AvgIpc) is 2.75. The lowest BCUT2D eigenvalue weighted by atomic mass is 9.30. The molecule has 0 N–H and O–H groups in total. The first-order valence-electron chi connectivity index (χ1n) is 14.1. The lowest BCUT2D eigenvalue weighted by Gasteiger charge is -2.75. The minimum Gasteiger partial charge on any atom is -0.462 e. The number of Topliss-reactive ketones (excluding diaryl/α,β-unsaturated/α-hetero) is 1. The molecule has 0 amide bonds. The average molecular weight is 455 g/mol. The van der Waals surface area contributed by atoms with Crippen LogP contribution in [0.5, 0.6) is 0 Å². The van der Waals surface area contributed by atoms with E-state index in [1.165, 1.54) is 25.7 Å². The van der Waals surface area contributed by atoms with Gasteiger partial charge in [-0.05, 0) is 97.2 Å². The summed E-state index contributed by atoms with van der Waals surface area (Å²) in [5.74, 6) is 3.86. The lowest BCUT2D eigenvalue weighted by Crippen LogP contribution is -2.73. The van der Waals surface area contributed by atoms with Gasteiger partial charge in [-0.1, -0.05) is 48.5 Å². The summed E-state index contributed by atoms with van der Waals surface area (Å²) in [4.78, 5) is 26.7. The van der Waals surface area contributed by atoms with Crippen LogP contribution in [0.2, 0.25) is 0 Å². The van der Waals surface area contributed by atoms with Gasteiger partial charge in [-0.25, -0.2) is 0 Å². The van der Waals surface area contributed by atoms with Crippen LogP contribution in [-0.2, 0) is 14.3 Å². The van der Waals surface area contributed by atoms with Crippen LogP contribution in [0.15, 0.2) is 0 Å². The fourth-order valence-corrected chi connectivity index (χ4v) is 11.7. The van der Waals surface area contributed by atoms with E-state index < -0.39 is 0 Å². The van der Waals surface area contributed by atoms with Crippen LogP contribution >= 0.6 is 0 Å². The molecule has 0 aromatic heterocycles. The van der Waals surface area contributed by atoms with E-state index in [4.69, 9.17) is 4.74 Å². The van der Waals surface area contributed by atoms with Crippen molar-refractivity contribution in [1.29, 1.82) is 0 Å². The van der Waals surface area contributed by atoms with Crippen molar-refractivity contribution in [3.63, 3.8) is 0 Å². The highest BCUT2D eigenvalue weighted by molar-refractivity contribution is 5.85. The first-order valence-corrected chi connectivity index (χ1v) is 14.1. The predicted octanol–water partition coefficient (Wildman–Crippen LogP) is 6.83. The first-order chi connectivity index (χ1) is 15.3. The molecule has 0 aromatic rings. The standard InChI is InChI=1S/C30H46O3/c1-17-8-13-30-15-14-29(7)24(23(30)18(17)2)19(33-25(30)32)16-21-27(5)11-10-22(31)26(3,4)20(27)9-12-28(21,29)6/h17-21,23-24H,8-16H2,1-7H3/t17-,18+,19-,20+,21-,23+,24+,27+,28-,29-,30+/m1/s1. The summed E-state index contributed by atoms with van der Waals surface area (Å²) in [5.41, 5.74) is 0.176. The lowest BCUT2D eigenvalue weighted by molar-refractivity contribution is -0.300. The minimum absolute atomic E-state index is 0.0723. The zero-order valence-electron chi connectivity index (χ0n) is 22.1. The van der Waals surface area contributed by atoms with Crippen LogP contribution in [0, 0.1) is 62.6 Å². The second-order valence-corrected chi connectivity index (χ2v) is 14.9. The van der Waals surface area contributed by atoms with E-state index in [1.54, 1.807) is 0 Å². The highest BCUT2D eigenvalue weighted by Gasteiger charge is 2.75. The SMILES string of the molecule is C[C@@H]1[C@H]2[C@@H]3[C@H]4C[C@@H]5[C@@]6(C)CCC(=O)C(C)(C)[C@@H]6CC[C@@]5(C)[C@]3(C)CC[C@]2(CC[C@H]1C)C(=O)O4. The van der Waals surface area contributed by atoms with Gasteiger partial charge in [0.05, 0.1) is 5.41 Å². The van der Waals surface area contributed by atoms with E-state index in [-0.39, 0.29) is 39.1 Å². The van der Waals surface area contributed by atoms with Gasteiger partial charge < -0.3 is 4.74 Å². The molecule has 6 fully saturated rings. The number of hydrogen-bond acceptors (Lipinski definition) is 3. The molecule has 0 aromatic carbocycles. The second kappa shape index (κ2) is 6.47. The van der Waals surface area contributed by atoms with E-state index in [9.17, 15) is 9.59 Å². The molecule has 184 valence electrons. The fraction of sp³-hybridized carbons (Fsp3) is 0.933. The van der Waals surface area contributed by atoms with Crippen molar-refractivity contribution in [2.24, 2.45) is 62.6 Å². The van der Waals surface area contributed by atoms with Crippen molar-refractivity contribution in [2.45, 2.75) is 112 Å². The number of carbonyl (C=O) groups excluding carboxylic acids is 2. The summed E-state index contributed by atoms with van der Waals surface area (Å²) < 4.78 is 6.52. The summed E-state index contributed by atoms with van der Waals surface area (Å²) in [5, 5.41) is 0.